The van der Waals surface area contributed by atoms with Crippen LogP contribution in [0.4, 0.5) is 0 Å². The molecule has 7 heteroatoms. The Hall–Kier alpha value is -4.04. The van der Waals surface area contributed by atoms with Gasteiger partial charge in [0.05, 0.1) is 25.9 Å². The van der Waals surface area contributed by atoms with Crippen molar-refractivity contribution in [1.29, 1.82) is 0 Å². The lowest BCUT2D eigenvalue weighted by molar-refractivity contribution is 0.0626. The highest BCUT2D eigenvalue weighted by molar-refractivity contribution is 5.35. The second kappa shape index (κ2) is 16.9. The van der Waals surface area contributed by atoms with Crippen LogP contribution in [-0.4, -0.2) is 63.1 Å². The number of epoxide rings is 2. The first-order valence-corrected chi connectivity index (χ1v) is 15.8. The van der Waals surface area contributed by atoms with Crippen molar-refractivity contribution in [2.45, 2.75) is 51.4 Å². The summed E-state index contributed by atoms with van der Waals surface area (Å²) < 4.78 is 32.8. The van der Waals surface area contributed by atoms with Crippen LogP contribution in [0.5, 0.6) is 23.0 Å². The Morgan fingerprint density at radius 3 is 1.22 bits per heavy atom. The van der Waals surface area contributed by atoms with Gasteiger partial charge in [0.25, 0.3) is 0 Å². The molecule has 3 unspecified atom stereocenters. The fourth-order valence-electron chi connectivity index (χ4n) is 4.54. The van der Waals surface area contributed by atoms with E-state index in [2.05, 4.69) is 31.2 Å². The molecule has 1 N–H and O–H groups in total. The van der Waals surface area contributed by atoms with Gasteiger partial charge in [-0.2, -0.15) is 0 Å². The molecule has 2 fully saturated rings. The third kappa shape index (κ3) is 11.8. The molecule has 4 aromatic rings. The van der Waals surface area contributed by atoms with Gasteiger partial charge >= 0.3 is 0 Å². The van der Waals surface area contributed by atoms with Crippen molar-refractivity contribution in [3.8, 4) is 23.0 Å². The lowest BCUT2D eigenvalue weighted by atomic mass is 10.0. The van der Waals surface area contributed by atoms with E-state index >= 15 is 0 Å². The van der Waals surface area contributed by atoms with E-state index in [4.69, 9.17) is 28.4 Å². The van der Waals surface area contributed by atoms with Gasteiger partial charge in [-0.05, 0) is 97.0 Å². The molecule has 0 aliphatic carbocycles. The lowest BCUT2D eigenvalue weighted by Gasteiger charge is -2.14. The number of aliphatic hydroxyl groups is 1. The molecule has 0 radical (unpaired) electrons. The third-order valence-corrected chi connectivity index (χ3v) is 7.40. The molecule has 2 aliphatic heterocycles. The molecule has 7 nitrogen and oxygen atoms in total. The van der Waals surface area contributed by atoms with E-state index in [-0.39, 0.29) is 19.3 Å². The largest absolute Gasteiger partial charge is 0.494 e. The maximum atomic E-state index is 10.3. The van der Waals surface area contributed by atoms with Crippen molar-refractivity contribution in [2.75, 3.05) is 39.6 Å². The smallest absolute Gasteiger partial charge is 0.122 e. The van der Waals surface area contributed by atoms with Crippen LogP contribution in [0, 0.1) is 0 Å². The van der Waals surface area contributed by atoms with Crippen LogP contribution in [0.25, 0.3) is 0 Å². The standard InChI is InChI=1S/C34H36O6.C4H8O/c1-2-36-30-11-3-25(4-12-30)19-26-5-13-31(14-6-26)37-21-29(35)22-38-32-15-7-27(8-16-32)20-28-9-17-33(18-10-28)39-23-34-24-40-34;1-2-4-3-5-4/h3-18,29,34-35H,2,19-24H2,1H3;4H,2-3H2,1H3. The first kappa shape index (κ1) is 32.4. The zero-order valence-electron chi connectivity index (χ0n) is 26.2. The van der Waals surface area contributed by atoms with E-state index in [9.17, 15) is 5.11 Å². The highest BCUT2D eigenvalue weighted by Gasteiger charge is 2.23. The van der Waals surface area contributed by atoms with Gasteiger partial charge in [-0.25, -0.2) is 0 Å². The van der Waals surface area contributed by atoms with Gasteiger partial charge in [-0.1, -0.05) is 55.5 Å². The van der Waals surface area contributed by atoms with E-state index in [1.54, 1.807) is 0 Å². The van der Waals surface area contributed by atoms with E-state index in [0.717, 1.165) is 43.3 Å². The van der Waals surface area contributed by atoms with Crippen molar-refractivity contribution in [3.05, 3.63) is 119 Å². The van der Waals surface area contributed by atoms with E-state index in [0.29, 0.717) is 25.1 Å². The maximum absolute atomic E-state index is 10.3. The predicted octanol–water partition coefficient (Wildman–Crippen LogP) is 6.66. The van der Waals surface area contributed by atoms with Crippen molar-refractivity contribution >= 4 is 0 Å². The first-order valence-electron chi connectivity index (χ1n) is 15.8. The molecule has 238 valence electrons. The molecule has 2 heterocycles. The second-order valence-electron chi connectivity index (χ2n) is 11.3. The molecular weight excluding hydrogens is 568 g/mol. The van der Waals surface area contributed by atoms with Crippen molar-refractivity contribution in [2.24, 2.45) is 0 Å². The number of hydrogen-bond donors (Lipinski definition) is 1. The number of aliphatic hydroxyl groups excluding tert-OH is 1. The molecule has 0 aromatic heterocycles. The molecule has 6 rings (SSSR count). The summed E-state index contributed by atoms with van der Waals surface area (Å²) in [6.45, 7) is 7.51. The monoisotopic (exact) mass is 612 g/mol. The summed E-state index contributed by atoms with van der Waals surface area (Å²) in [5, 5.41) is 10.3. The van der Waals surface area contributed by atoms with E-state index in [1.807, 2.05) is 79.7 Å². The summed E-state index contributed by atoms with van der Waals surface area (Å²) in [6, 6.07) is 32.2. The summed E-state index contributed by atoms with van der Waals surface area (Å²) >= 11 is 0. The molecule has 0 amide bonds. The number of rotatable bonds is 16. The molecule has 2 aliphatic rings. The van der Waals surface area contributed by atoms with Gasteiger partial charge in [-0.3, -0.25) is 0 Å². The van der Waals surface area contributed by atoms with Gasteiger partial charge in [-0.15, -0.1) is 0 Å². The molecule has 0 spiro atoms. The van der Waals surface area contributed by atoms with Crippen molar-refractivity contribution < 1.29 is 33.5 Å². The number of hydrogen-bond acceptors (Lipinski definition) is 7. The topological polar surface area (TPSA) is 82.2 Å². The zero-order valence-corrected chi connectivity index (χ0v) is 26.2. The molecule has 0 bridgehead atoms. The SMILES string of the molecule is CCC1CO1.CCOc1ccc(Cc2ccc(OCC(O)COc3ccc(Cc4ccc(OCC5CO5)cc4)cc3)cc2)cc1. The van der Waals surface area contributed by atoms with Crippen LogP contribution >= 0.6 is 0 Å². The van der Waals surface area contributed by atoms with Crippen LogP contribution in [0.1, 0.15) is 42.5 Å². The minimum absolute atomic E-state index is 0.155. The van der Waals surface area contributed by atoms with Gasteiger partial charge in [0, 0.05) is 0 Å². The fraction of sp³-hybridized carbons (Fsp3) is 0.368. The summed E-state index contributed by atoms with van der Waals surface area (Å²) in [5.74, 6) is 3.18. The Morgan fingerprint density at radius 1 is 0.556 bits per heavy atom. The minimum Gasteiger partial charge on any atom is -0.494 e. The Bertz CT molecular complexity index is 1390. The van der Waals surface area contributed by atoms with Crippen molar-refractivity contribution in [3.63, 3.8) is 0 Å². The highest BCUT2D eigenvalue weighted by atomic mass is 16.6. The van der Waals surface area contributed by atoms with Crippen LogP contribution < -0.4 is 18.9 Å². The van der Waals surface area contributed by atoms with Crippen LogP contribution in [0.2, 0.25) is 0 Å². The van der Waals surface area contributed by atoms with Gasteiger partial charge < -0.3 is 33.5 Å². The molecular formula is C38H44O7. The average Bonchev–Trinajstić information content (AvgIpc) is 4.01. The van der Waals surface area contributed by atoms with Gasteiger partial charge in [0.15, 0.2) is 0 Å². The summed E-state index contributed by atoms with van der Waals surface area (Å²) in [4.78, 5) is 0. The fourth-order valence-corrected chi connectivity index (χ4v) is 4.54. The van der Waals surface area contributed by atoms with Crippen LogP contribution in [-0.2, 0) is 22.3 Å². The molecule has 3 atom stereocenters. The molecule has 4 aromatic carbocycles. The second-order valence-corrected chi connectivity index (χ2v) is 11.3. The van der Waals surface area contributed by atoms with E-state index < -0.39 is 6.10 Å². The number of benzene rings is 4. The molecule has 2 saturated heterocycles. The van der Waals surface area contributed by atoms with Gasteiger partial charge in [0.1, 0.15) is 55.0 Å². The van der Waals surface area contributed by atoms with Crippen molar-refractivity contribution in [1.82, 2.24) is 0 Å². The minimum atomic E-state index is -0.740. The summed E-state index contributed by atoms with van der Waals surface area (Å²) in [6.07, 6.45) is 3.00. The maximum Gasteiger partial charge on any atom is 0.122 e. The lowest BCUT2D eigenvalue weighted by Crippen LogP contribution is -2.25. The summed E-state index contributed by atoms with van der Waals surface area (Å²) in [7, 11) is 0. The molecule has 45 heavy (non-hydrogen) atoms. The quantitative estimate of drug-likeness (QED) is 0.142. The molecule has 0 saturated carbocycles. The normalized spacial score (nSPS) is 17.0. The average molecular weight is 613 g/mol. The Kier molecular flexibility index (Phi) is 12.1. The van der Waals surface area contributed by atoms with Crippen LogP contribution in [0.3, 0.4) is 0 Å². The van der Waals surface area contributed by atoms with Gasteiger partial charge in [0.2, 0.25) is 0 Å². The Labute approximate surface area is 266 Å². The number of ether oxygens (including phenoxy) is 6. The van der Waals surface area contributed by atoms with E-state index in [1.165, 1.54) is 28.7 Å². The predicted molar refractivity (Wildman–Crippen MR) is 175 cm³/mol. The van der Waals surface area contributed by atoms with Crippen LogP contribution in [0.15, 0.2) is 97.1 Å². The Balaban J connectivity index is 0.000000729. The first-order chi connectivity index (χ1) is 22.1. The highest BCUT2D eigenvalue weighted by Crippen LogP contribution is 2.21. The third-order valence-electron chi connectivity index (χ3n) is 7.40. The Morgan fingerprint density at radius 2 is 0.911 bits per heavy atom. The summed E-state index contributed by atoms with van der Waals surface area (Å²) in [5.41, 5.74) is 4.80. The zero-order chi connectivity index (χ0) is 31.3.